The molecule has 2 rings (SSSR count). The number of rotatable bonds is 6. The standard InChI is InChI=1S/C12H14N4O2S2/c13-12(19)10-3-1-2-9(6-10)8-20(17,18)16-7-11-14-4-5-15-11/h1-6,16H,7-8H2,(H2,13,19)(H,14,15). The number of hydrogen-bond acceptors (Lipinski definition) is 4. The van der Waals surface area contributed by atoms with Gasteiger partial charge in [0.15, 0.2) is 0 Å². The Morgan fingerprint density at radius 1 is 1.45 bits per heavy atom. The van der Waals surface area contributed by atoms with Crippen molar-refractivity contribution in [1.29, 1.82) is 0 Å². The van der Waals surface area contributed by atoms with Crippen LogP contribution in [0.15, 0.2) is 36.7 Å². The van der Waals surface area contributed by atoms with Gasteiger partial charge in [-0.3, -0.25) is 0 Å². The Bertz CT molecular complexity index is 696. The molecule has 0 saturated carbocycles. The molecule has 0 fully saturated rings. The summed E-state index contributed by atoms with van der Waals surface area (Å²) in [6.45, 7) is 0.129. The molecule has 0 spiro atoms. The summed E-state index contributed by atoms with van der Waals surface area (Å²) in [5.41, 5.74) is 6.80. The molecule has 0 radical (unpaired) electrons. The minimum Gasteiger partial charge on any atom is -0.389 e. The van der Waals surface area contributed by atoms with Crippen molar-refractivity contribution in [3.8, 4) is 0 Å². The van der Waals surface area contributed by atoms with Gasteiger partial charge in [0.1, 0.15) is 10.8 Å². The summed E-state index contributed by atoms with van der Waals surface area (Å²) >= 11 is 4.87. The van der Waals surface area contributed by atoms with Crippen molar-refractivity contribution in [1.82, 2.24) is 14.7 Å². The second-order valence-corrected chi connectivity index (χ2v) is 6.43. The Morgan fingerprint density at radius 2 is 2.25 bits per heavy atom. The topological polar surface area (TPSA) is 101 Å². The molecular weight excluding hydrogens is 296 g/mol. The van der Waals surface area contributed by atoms with Gasteiger partial charge in [0, 0.05) is 18.0 Å². The van der Waals surface area contributed by atoms with Crippen molar-refractivity contribution < 1.29 is 8.42 Å². The fraction of sp³-hybridized carbons (Fsp3) is 0.167. The molecule has 106 valence electrons. The second-order valence-electron chi connectivity index (χ2n) is 4.18. The number of hydrogen-bond donors (Lipinski definition) is 3. The maximum absolute atomic E-state index is 12.0. The van der Waals surface area contributed by atoms with Gasteiger partial charge >= 0.3 is 0 Å². The number of thiocarbonyl (C=S) groups is 1. The number of H-pyrrole nitrogens is 1. The van der Waals surface area contributed by atoms with Gasteiger partial charge in [-0.25, -0.2) is 18.1 Å². The zero-order valence-corrected chi connectivity index (χ0v) is 12.2. The van der Waals surface area contributed by atoms with Crippen molar-refractivity contribution in [3.05, 3.63) is 53.6 Å². The fourth-order valence-corrected chi connectivity index (χ4v) is 2.86. The Hall–Kier alpha value is -1.77. The number of sulfonamides is 1. The van der Waals surface area contributed by atoms with Gasteiger partial charge in [0.05, 0.1) is 12.3 Å². The number of aromatic nitrogens is 2. The molecule has 20 heavy (non-hydrogen) atoms. The molecule has 0 aliphatic rings. The molecule has 0 unspecified atom stereocenters. The smallest absolute Gasteiger partial charge is 0.216 e. The summed E-state index contributed by atoms with van der Waals surface area (Å²) < 4.78 is 26.4. The molecule has 0 aliphatic heterocycles. The molecule has 0 atom stereocenters. The molecule has 0 saturated heterocycles. The lowest BCUT2D eigenvalue weighted by molar-refractivity contribution is 0.578. The lowest BCUT2D eigenvalue weighted by Gasteiger charge is -2.07. The first-order chi connectivity index (χ1) is 9.46. The fourth-order valence-electron chi connectivity index (χ4n) is 1.66. The minimum atomic E-state index is -3.45. The average molecular weight is 310 g/mol. The minimum absolute atomic E-state index is 0.129. The summed E-state index contributed by atoms with van der Waals surface area (Å²) in [5.74, 6) is 0.426. The van der Waals surface area contributed by atoms with E-state index in [1.165, 1.54) is 0 Å². The van der Waals surface area contributed by atoms with Crippen LogP contribution in [-0.4, -0.2) is 23.4 Å². The third-order valence-corrected chi connectivity index (χ3v) is 4.12. The summed E-state index contributed by atoms with van der Waals surface area (Å²) in [6.07, 6.45) is 3.20. The number of benzene rings is 1. The van der Waals surface area contributed by atoms with Gasteiger partial charge in [0.25, 0.3) is 0 Å². The predicted molar refractivity (Wildman–Crippen MR) is 80.4 cm³/mol. The van der Waals surface area contributed by atoms with E-state index in [-0.39, 0.29) is 17.3 Å². The monoisotopic (exact) mass is 310 g/mol. The quantitative estimate of drug-likeness (QED) is 0.681. The van der Waals surface area contributed by atoms with E-state index in [1.807, 2.05) is 0 Å². The van der Waals surface area contributed by atoms with E-state index >= 15 is 0 Å². The maximum atomic E-state index is 12.0. The molecule has 6 nitrogen and oxygen atoms in total. The SMILES string of the molecule is NC(=S)c1cccc(CS(=O)(=O)NCc2ncc[nH]2)c1. The number of nitrogens with two attached hydrogens (primary N) is 1. The summed E-state index contributed by atoms with van der Waals surface area (Å²) in [6, 6.07) is 6.86. The van der Waals surface area contributed by atoms with Crippen LogP contribution in [0.1, 0.15) is 17.0 Å². The van der Waals surface area contributed by atoms with E-state index in [0.717, 1.165) is 0 Å². The highest BCUT2D eigenvalue weighted by molar-refractivity contribution is 7.88. The van der Waals surface area contributed by atoms with E-state index in [9.17, 15) is 8.42 Å². The number of nitrogens with zero attached hydrogens (tertiary/aromatic N) is 1. The molecule has 1 aromatic heterocycles. The molecule has 0 bridgehead atoms. The normalized spacial score (nSPS) is 11.4. The van der Waals surface area contributed by atoms with E-state index in [0.29, 0.717) is 17.0 Å². The Balaban J connectivity index is 2.04. The number of imidazole rings is 1. The van der Waals surface area contributed by atoms with Crippen molar-refractivity contribution in [2.45, 2.75) is 12.3 Å². The van der Waals surface area contributed by atoms with E-state index in [4.69, 9.17) is 18.0 Å². The summed E-state index contributed by atoms with van der Waals surface area (Å²) in [7, 11) is -3.45. The second kappa shape index (κ2) is 6.12. The highest BCUT2D eigenvalue weighted by Crippen LogP contribution is 2.09. The zero-order chi connectivity index (χ0) is 14.6. The molecule has 0 aliphatic carbocycles. The number of nitrogens with one attached hydrogen (secondary N) is 2. The Morgan fingerprint density at radius 3 is 2.90 bits per heavy atom. The summed E-state index contributed by atoms with van der Waals surface area (Å²) in [4.78, 5) is 7.02. The van der Waals surface area contributed by atoms with Gasteiger partial charge < -0.3 is 10.7 Å². The first kappa shape index (κ1) is 14.6. The first-order valence-electron chi connectivity index (χ1n) is 5.80. The zero-order valence-electron chi connectivity index (χ0n) is 10.5. The van der Waals surface area contributed by atoms with Crippen LogP contribution < -0.4 is 10.5 Å². The van der Waals surface area contributed by atoms with Crippen molar-refractivity contribution in [2.24, 2.45) is 5.73 Å². The first-order valence-corrected chi connectivity index (χ1v) is 7.87. The van der Waals surface area contributed by atoms with Gasteiger partial charge in [-0.2, -0.15) is 0 Å². The average Bonchev–Trinajstić information content (AvgIpc) is 2.89. The highest BCUT2D eigenvalue weighted by atomic mass is 32.2. The van der Waals surface area contributed by atoms with Gasteiger partial charge in [-0.05, 0) is 11.6 Å². The molecule has 2 aromatic rings. The molecule has 1 aromatic carbocycles. The van der Waals surface area contributed by atoms with Gasteiger partial charge in [0.2, 0.25) is 10.0 Å². The van der Waals surface area contributed by atoms with E-state index < -0.39 is 10.0 Å². The molecule has 4 N–H and O–H groups in total. The van der Waals surface area contributed by atoms with Crippen molar-refractivity contribution >= 4 is 27.2 Å². The van der Waals surface area contributed by atoms with Crippen LogP contribution in [0.3, 0.4) is 0 Å². The third kappa shape index (κ3) is 4.12. The molecule has 8 heteroatoms. The lowest BCUT2D eigenvalue weighted by Crippen LogP contribution is -2.25. The Labute approximate surface area is 122 Å². The molecular formula is C12H14N4O2S2. The van der Waals surface area contributed by atoms with Crippen LogP contribution in [0.5, 0.6) is 0 Å². The van der Waals surface area contributed by atoms with Crippen LogP contribution in [0.2, 0.25) is 0 Å². The van der Waals surface area contributed by atoms with Gasteiger partial charge in [-0.1, -0.05) is 30.4 Å². The maximum Gasteiger partial charge on any atom is 0.216 e. The Kier molecular flexibility index (Phi) is 4.48. The van der Waals surface area contributed by atoms with Crippen molar-refractivity contribution in [3.63, 3.8) is 0 Å². The van der Waals surface area contributed by atoms with Crippen molar-refractivity contribution in [2.75, 3.05) is 0 Å². The largest absolute Gasteiger partial charge is 0.389 e. The molecule has 0 amide bonds. The summed E-state index contributed by atoms with van der Waals surface area (Å²) in [5, 5.41) is 0. The molecule has 1 heterocycles. The van der Waals surface area contributed by atoms with Gasteiger partial charge in [-0.15, -0.1) is 0 Å². The third-order valence-electron chi connectivity index (χ3n) is 2.58. The van der Waals surface area contributed by atoms with Crippen LogP contribution >= 0.6 is 12.2 Å². The lowest BCUT2D eigenvalue weighted by atomic mass is 10.1. The van der Waals surface area contributed by atoms with Crippen LogP contribution in [0, 0.1) is 0 Å². The van der Waals surface area contributed by atoms with E-state index in [1.54, 1.807) is 36.7 Å². The number of aromatic amines is 1. The van der Waals surface area contributed by atoms with Crippen LogP contribution in [-0.2, 0) is 22.3 Å². The predicted octanol–water partition coefficient (Wildman–Crippen LogP) is 0.663. The van der Waals surface area contributed by atoms with E-state index in [2.05, 4.69) is 14.7 Å². The van der Waals surface area contributed by atoms with Crippen LogP contribution in [0.25, 0.3) is 0 Å². The van der Waals surface area contributed by atoms with Crippen LogP contribution in [0.4, 0.5) is 0 Å². The highest BCUT2D eigenvalue weighted by Gasteiger charge is 2.12.